The second-order valence-corrected chi connectivity index (χ2v) is 9.04. The molecule has 1 aliphatic carbocycles. The van der Waals surface area contributed by atoms with E-state index in [4.69, 9.17) is 19.6 Å². The standard InChI is InChI=1S/C24H30F2N4O6.ClH/c1-13(27)20-19(21(31)28-16-4-3-9-30(11-16)24(32)33-2)29-22(36-20)15-7-8-17(35-23(25)26)18(10-15)34-12-14-5-6-14;/h7-8,10,13-14,16,23H,3-6,9,11-12,27H2,1-2H3,(H,28,31);1H/t13-,16?;/m0./s1. The summed E-state index contributed by atoms with van der Waals surface area (Å²) in [5.41, 5.74) is 6.47. The van der Waals surface area contributed by atoms with Crippen molar-refractivity contribution in [1.29, 1.82) is 0 Å². The molecule has 2 aromatic rings. The van der Waals surface area contributed by atoms with Crippen LogP contribution in [0.1, 0.15) is 54.9 Å². The Labute approximate surface area is 219 Å². The van der Waals surface area contributed by atoms with E-state index < -0.39 is 24.7 Å². The maximum absolute atomic E-state index is 13.1. The molecular formula is C24H31ClF2N4O6. The van der Waals surface area contributed by atoms with Gasteiger partial charge in [-0.15, -0.1) is 12.4 Å². The minimum Gasteiger partial charge on any atom is -0.489 e. The van der Waals surface area contributed by atoms with Gasteiger partial charge in [-0.3, -0.25) is 4.79 Å². The van der Waals surface area contributed by atoms with E-state index >= 15 is 0 Å². The predicted octanol–water partition coefficient (Wildman–Crippen LogP) is 4.13. The molecule has 1 saturated heterocycles. The van der Waals surface area contributed by atoms with Crippen molar-refractivity contribution < 1.29 is 37.0 Å². The minimum absolute atomic E-state index is 0. The lowest BCUT2D eigenvalue weighted by Crippen LogP contribution is -2.49. The number of hydrogen-bond acceptors (Lipinski definition) is 8. The molecule has 3 N–H and O–H groups in total. The molecule has 2 amide bonds. The molecule has 37 heavy (non-hydrogen) atoms. The number of rotatable bonds is 9. The van der Waals surface area contributed by atoms with Crippen molar-refractivity contribution in [2.24, 2.45) is 11.7 Å². The number of aromatic nitrogens is 1. The number of hydrogen-bond donors (Lipinski definition) is 2. The smallest absolute Gasteiger partial charge is 0.409 e. The number of carbonyl (C=O) groups is 2. The van der Waals surface area contributed by atoms with E-state index in [0.29, 0.717) is 44.0 Å². The number of carbonyl (C=O) groups excluding carboxylic acids is 2. The first-order valence-electron chi connectivity index (χ1n) is 11.9. The van der Waals surface area contributed by atoms with E-state index in [0.717, 1.165) is 12.8 Å². The van der Waals surface area contributed by atoms with E-state index in [9.17, 15) is 18.4 Å². The number of alkyl halides is 2. The van der Waals surface area contributed by atoms with Crippen LogP contribution in [0.15, 0.2) is 22.6 Å². The molecule has 1 aromatic heterocycles. The molecular weight excluding hydrogens is 514 g/mol. The van der Waals surface area contributed by atoms with Gasteiger partial charge in [0.05, 0.1) is 19.8 Å². The number of methoxy groups -OCH3 is 1. The minimum atomic E-state index is -3.00. The molecule has 10 nitrogen and oxygen atoms in total. The summed E-state index contributed by atoms with van der Waals surface area (Å²) in [6, 6.07) is 3.41. The van der Waals surface area contributed by atoms with Gasteiger partial charge in [-0.1, -0.05) is 0 Å². The van der Waals surface area contributed by atoms with Gasteiger partial charge in [0.15, 0.2) is 23.0 Å². The Morgan fingerprint density at radius 3 is 2.68 bits per heavy atom. The molecule has 1 saturated carbocycles. The van der Waals surface area contributed by atoms with Crippen LogP contribution >= 0.6 is 12.4 Å². The van der Waals surface area contributed by atoms with Crippen LogP contribution in [0.5, 0.6) is 11.5 Å². The lowest BCUT2D eigenvalue weighted by atomic mass is 10.1. The van der Waals surface area contributed by atoms with Crippen molar-refractivity contribution in [3.8, 4) is 23.0 Å². The SMILES string of the molecule is COC(=O)N1CCCC(NC(=O)c2nc(-c3ccc(OC(F)F)c(OCC4CC4)c3)oc2[C@H](C)N)C1.Cl. The van der Waals surface area contributed by atoms with Crippen LogP contribution in [-0.2, 0) is 4.74 Å². The number of nitrogens with zero attached hydrogens (tertiary/aromatic N) is 2. The van der Waals surface area contributed by atoms with Crippen LogP contribution < -0.4 is 20.5 Å². The molecule has 0 bridgehead atoms. The highest BCUT2D eigenvalue weighted by molar-refractivity contribution is 5.94. The zero-order chi connectivity index (χ0) is 25.8. The normalized spacial score (nSPS) is 18.1. The van der Waals surface area contributed by atoms with Gasteiger partial charge in [-0.05, 0) is 56.7 Å². The second-order valence-electron chi connectivity index (χ2n) is 9.04. The largest absolute Gasteiger partial charge is 0.489 e. The van der Waals surface area contributed by atoms with Gasteiger partial charge in [0, 0.05) is 24.7 Å². The summed E-state index contributed by atoms with van der Waals surface area (Å²) in [7, 11) is 1.31. The number of likely N-dealkylation sites (tertiary alicyclic amines) is 1. The highest BCUT2D eigenvalue weighted by Crippen LogP contribution is 2.37. The summed E-state index contributed by atoms with van der Waals surface area (Å²) in [6.07, 6.45) is 3.00. The molecule has 1 unspecified atom stereocenters. The van der Waals surface area contributed by atoms with Crippen molar-refractivity contribution in [3.63, 3.8) is 0 Å². The third-order valence-corrected chi connectivity index (χ3v) is 6.05. The van der Waals surface area contributed by atoms with Crippen LogP contribution in [0, 0.1) is 5.92 Å². The van der Waals surface area contributed by atoms with Crippen LogP contribution in [0.25, 0.3) is 11.5 Å². The molecule has 2 aliphatic rings. The van der Waals surface area contributed by atoms with Gasteiger partial charge in [-0.2, -0.15) is 8.78 Å². The fraction of sp³-hybridized carbons (Fsp3) is 0.542. The van der Waals surface area contributed by atoms with E-state index in [1.165, 1.54) is 30.2 Å². The van der Waals surface area contributed by atoms with Gasteiger partial charge in [0.1, 0.15) is 0 Å². The fourth-order valence-electron chi connectivity index (χ4n) is 4.01. The molecule has 13 heteroatoms. The van der Waals surface area contributed by atoms with Crippen molar-refractivity contribution in [1.82, 2.24) is 15.2 Å². The van der Waals surface area contributed by atoms with E-state index in [1.54, 1.807) is 6.92 Å². The molecule has 0 radical (unpaired) electrons. The van der Waals surface area contributed by atoms with Crippen molar-refractivity contribution in [2.75, 3.05) is 26.8 Å². The zero-order valence-corrected chi connectivity index (χ0v) is 21.4. The van der Waals surface area contributed by atoms with E-state index in [1.807, 2.05) is 0 Å². The highest BCUT2D eigenvalue weighted by Gasteiger charge is 2.29. The van der Waals surface area contributed by atoms with Crippen molar-refractivity contribution in [2.45, 2.75) is 51.3 Å². The first-order valence-corrected chi connectivity index (χ1v) is 11.9. The lowest BCUT2D eigenvalue weighted by molar-refractivity contribution is -0.0515. The van der Waals surface area contributed by atoms with Gasteiger partial charge < -0.3 is 34.6 Å². The summed E-state index contributed by atoms with van der Waals surface area (Å²) < 4.78 is 46.6. The van der Waals surface area contributed by atoms with Crippen LogP contribution in [0.2, 0.25) is 0 Å². The maximum atomic E-state index is 13.1. The Bertz CT molecular complexity index is 1100. The Kier molecular flexibility index (Phi) is 9.55. The Hall–Kier alpha value is -3.12. The summed E-state index contributed by atoms with van der Waals surface area (Å²) >= 11 is 0. The molecule has 204 valence electrons. The first-order chi connectivity index (χ1) is 17.2. The fourth-order valence-corrected chi connectivity index (χ4v) is 4.01. The zero-order valence-electron chi connectivity index (χ0n) is 20.6. The van der Waals surface area contributed by atoms with Crippen molar-refractivity contribution >= 4 is 24.4 Å². The molecule has 4 rings (SSSR count). The first kappa shape index (κ1) is 28.5. The van der Waals surface area contributed by atoms with Gasteiger partial charge >= 0.3 is 12.7 Å². The molecule has 1 aromatic carbocycles. The average molecular weight is 545 g/mol. The molecule has 0 spiro atoms. The lowest BCUT2D eigenvalue weighted by Gasteiger charge is -2.31. The Morgan fingerprint density at radius 2 is 2.03 bits per heavy atom. The molecule has 1 aliphatic heterocycles. The van der Waals surface area contributed by atoms with Crippen LogP contribution in [0.3, 0.4) is 0 Å². The quantitative estimate of drug-likeness (QED) is 0.482. The number of ether oxygens (including phenoxy) is 3. The number of nitrogens with one attached hydrogen (secondary N) is 1. The molecule has 2 atom stereocenters. The third-order valence-electron chi connectivity index (χ3n) is 6.05. The summed E-state index contributed by atoms with van der Waals surface area (Å²) in [5, 5.41) is 2.89. The summed E-state index contributed by atoms with van der Waals surface area (Å²) in [5.74, 6) is 0.209. The van der Waals surface area contributed by atoms with Crippen LogP contribution in [-0.4, -0.2) is 61.3 Å². The highest BCUT2D eigenvalue weighted by atomic mass is 35.5. The topological polar surface area (TPSA) is 129 Å². The van der Waals surface area contributed by atoms with E-state index in [-0.39, 0.29) is 47.3 Å². The van der Waals surface area contributed by atoms with Gasteiger partial charge in [0.2, 0.25) is 5.89 Å². The second kappa shape index (κ2) is 12.4. The van der Waals surface area contributed by atoms with Crippen LogP contribution in [0.4, 0.5) is 13.6 Å². The summed E-state index contributed by atoms with van der Waals surface area (Å²) in [4.78, 5) is 30.9. The number of piperidine rings is 1. The monoisotopic (exact) mass is 544 g/mol. The van der Waals surface area contributed by atoms with Gasteiger partial charge in [0.25, 0.3) is 5.91 Å². The van der Waals surface area contributed by atoms with E-state index in [2.05, 4.69) is 15.0 Å². The molecule has 2 heterocycles. The summed E-state index contributed by atoms with van der Waals surface area (Å²) in [6.45, 7) is -0.101. The third kappa shape index (κ3) is 7.22. The number of oxazole rings is 1. The Morgan fingerprint density at radius 1 is 1.27 bits per heavy atom. The van der Waals surface area contributed by atoms with Crippen molar-refractivity contribution in [3.05, 3.63) is 29.7 Å². The number of amides is 2. The number of benzene rings is 1. The maximum Gasteiger partial charge on any atom is 0.409 e. The number of halogens is 3. The average Bonchev–Trinajstić information content (AvgIpc) is 3.57. The molecule has 2 fully saturated rings. The number of nitrogens with two attached hydrogens (primary N) is 1. The Balaban J connectivity index is 0.00000380. The van der Waals surface area contributed by atoms with Gasteiger partial charge in [-0.25, -0.2) is 9.78 Å². The predicted molar refractivity (Wildman–Crippen MR) is 131 cm³/mol.